The van der Waals surface area contributed by atoms with Crippen LogP contribution in [0.1, 0.15) is 44.0 Å². The number of halogens is 1. The third kappa shape index (κ3) is 4.83. The van der Waals surface area contributed by atoms with Crippen LogP contribution >= 0.6 is 11.6 Å². The Labute approximate surface area is 189 Å². The number of rotatable bonds is 7. The van der Waals surface area contributed by atoms with Crippen LogP contribution < -0.4 is 0 Å². The van der Waals surface area contributed by atoms with Crippen LogP contribution in [-0.2, 0) is 0 Å². The normalized spacial score (nSPS) is 19.8. The Morgan fingerprint density at radius 1 is 1.26 bits per heavy atom. The topological polar surface area (TPSA) is 64.3 Å². The Hall–Kier alpha value is -1.83. The predicted octanol–water partition coefficient (Wildman–Crippen LogP) is 3.80. The minimum absolute atomic E-state index is 0.522. The Morgan fingerprint density at radius 2 is 1.97 bits per heavy atom. The number of pyridine rings is 1. The van der Waals surface area contributed by atoms with Gasteiger partial charge in [-0.1, -0.05) is 25.4 Å². The maximum Gasteiger partial charge on any atom is 0.407 e. The summed E-state index contributed by atoms with van der Waals surface area (Å²) >= 11 is 6.50. The van der Waals surface area contributed by atoms with Crippen molar-refractivity contribution in [3.8, 4) is 0 Å². The van der Waals surface area contributed by atoms with Gasteiger partial charge < -0.3 is 14.4 Å². The molecule has 0 spiro atoms. The summed E-state index contributed by atoms with van der Waals surface area (Å²) in [7, 11) is 0. The predicted molar refractivity (Wildman–Crippen MR) is 123 cm³/mol. The van der Waals surface area contributed by atoms with Crippen molar-refractivity contribution in [2.24, 2.45) is 5.92 Å². The van der Waals surface area contributed by atoms with E-state index in [2.05, 4.69) is 45.3 Å². The molecule has 7 nitrogen and oxygen atoms in total. The van der Waals surface area contributed by atoms with Gasteiger partial charge in [0.25, 0.3) is 0 Å². The first-order valence-corrected chi connectivity index (χ1v) is 11.8. The minimum Gasteiger partial charge on any atom is -0.465 e. The molecule has 2 aromatic heterocycles. The molecule has 1 N–H and O–H groups in total. The van der Waals surface area contributed by atoms with Crippen LogP contribution in [0, 0.1) is 12.8 Å². The first kappa shape index (κ1) is 22.4. The van der Waals surface area contributed by atoms with E-state index in [1.165, 1.54) is 16.9 Å². The number of fused-ring (bicyclic) bond motifs is 1. The summed E-state index contributed by atoms with van der Waals surface area (Å²) < 4.78 is 2.10. The highest BCUT2D eigenvalue weighted by Crippen LogP contribution is 2.34. The van der Waals surface area contributed by atoms with E-state index in [-0.39, 0.29) is 0 Å². The van der Waals surface area contributed by atoms with Gasteiger partial charge >= 0.3 is 6.09 Å². The van der Waals surface area contributed by atoms with E-state index < -0.39 is 6.09 Å². The van der Waals surface area contributed by atoms with Gasteiger partial charge in [-0.25, -0.2) is 9.78 Å². The van der Waals surface area contributed by atoms with Crippen LogP contribution in [0.2, 0.25) is 5.02 Å². The molecule has 2 aromatic rings. The molecule has 1 atom stereocenters. The standard InChI is InChI=1S/C23H34ClN5O2/c1-16(2)21(5-4-6-26-7-9-27(10-8-26)23(30)31)28-13-19(14-28)18-11-20(24)22-12-25-17(3)29(22)15-18/h11-12,15-16,19,21H,4-10,13-14H2,1-3H3,(H,30,31)/t21-/m0/s1. The van der Waals surface area contributed by atoms with Gasteiger partial charge in [-0.2, -0.15) is 0 Å². The van der Waals surface area contributed by atoms with Crippen LogP contribution in [0.25, 0.3) is 5.52 Å². The molecular formula is C23H34ClN5O2. The zero-order valence-electron chi connectivity index (χ0n) is 18.8. The summed E-state index contributed by atoms with van der Waals surface area (Å²) in [6.45, 7) is 12.8. The summed E-state index contributed by atoms with van der Waals surface area (Å²) in [6.07, 6.45) is 5.58. The molecule has 2 fully saturated rings. The van der Waals surface area contributed by atoms with Gasteiger partial charge in [0, 0.05) is 57.4 Å². The molecule has 4 rings (SSSR count). The third-order valence-electron chi connectivity index (χ3n) is 7.03. The quantitative estimate of drug-likeness (QED) is 0.699. The van der Waals surface area contributed by atoms with Gasteiger partial charge in [-0.05, 0) is 43.9 Å². The lowest BCUT2D eigenvalue weighted by atomic mass is 9.86. The van der Waals surface area contributed by atoms with Crippen molar-refractivity contribution in [1.29, 1.82) is 0 Å². The van der Waals surface area contributed by atoms with E-state index in [0.29, 0.717) is 31.0 Å². The maximum absolute atomic E-state index is 11.1. The zero-order valence-corrected chi connectivity index (χ0v) is 19.6. The molecule has 0 saturated carbocycles. The smallest absolute Gasteiger partial charge is 0.407 e. The molecule has 0 unspecified atom stereocenters. The van der Waals surface area contributed by atoms with Gasteiger partial charge in [0.2, 0.25) is 0 Å². The van der Waals surface area contributed by atoms with E-state index in [9.17, 15) is 4.79 Å². The fourth-order valence-electron chi connectivity index (χ4n) is 5.04. The molecule has 2 saturated heterocycles. The number of amides is 1. The number of aromatic nitrogens is 2. The average molecular weight is 448 g/mol. The van der Waals surface area contributed by atoms with E-state index in [4.69, 9.17) is 16.7 Å². The highest BCUT2D eigenvalue weighted by molar-refractivity contribution is 6.33. The lowest BCUT2D eigenvalue weighted by Gasteiger charge is -2.46. The van der Waals surface area contributed by atoms with Crippen molar-refractivity contribution in [1.82, 2.24) is 24.1 Å². The van der Waals surface area contributed by atoms with Gasteiger partial charge in [-0.3, -0.25) is 9.80 Å². The lowest BCUT2D eigenvalue weighted by Crippen LogP contribution is -2.53. The zero-order chi connectivity index (χ0) is 22.1. The molecular weight excluding hydrogens is 414 g/mol. The fraction of sp³-hybridized carbons (Fsp3) is 0.652. The van der Waals surface area contributed by atoms with Crippen LogP contribution in [0.5, 0.6) is 0 Å². The van der Waals surface area contributed by atoms with E-state index in [1.807, 2.05) is 13.1 Å². The molecule has 0 bridgehead atoms. The summed E-state index contributed by atoms with van der Waals surface area (Å²) in [5, 5.41) is 9.87. The number of hydrogen-bond donors (Lipinski definition) is 1. The third-order valence-corrected chi connectivity index (χ3v) is 7.34. The molecule has 170 valence electrons. The number of imidazole rings is 1. The van der Waals surface area contributed by atoms with Crippen LogP contribution in [0.3, 0.4) is 0 Å². The van der Waals surface area contributed by atoms with Crippen molar-refractivity contribution in [3.05, 3.63) is 34.9 Å². The molecule has 1 amide bonds. The number of piperazine rings is 1. The van der Waals surface area contributed by atoms with Crippen molar-refractivity contribution >= 4 is 23.2 Å². The summed E-state index contributed by atoms with van der Waals surface area (Å²) in [4.78, 5) is 22.0. The Kier molecular flexibility index (Phi) is 6.74. The van der Waals surface area contributed by atoms with E-state index in [0.717, 1.165) is 55.5 Å². The Bertz CT molecular complexity index is 916. The SMILES string of the molecule is Cc1ncc2c(Cl)cc(C3CN([C@@H](CCCN4CCN(C(=O)O)CC4)C(C)C)C3)cn12. The minimum atomic E-state index is -0.796. The molecule has 2 aliphatic rings. The number of carbonyl (C=O) groups is 1. The van der Waals surface area contributed by atoms with Crippen molar-refractivity contribution in [2.75, 3.05) is 45.8 Å². The summed E-state index contributed by atoms with van der Waals surface area (Å²) in [5.41, 5.74) is 2.27. The molecule has 0 radical (unpaired) electrons. The highest BCUT2D eigenvalue weighted by atomic mass is 35.5. The second-order valence-electron chi connectivity index (χ2n) is 9.40. The number of nitrogens with zero attached hydrogens (tertiary/aromatic N) is 5. The van der Waals surface area contributed by atoms with Gasteiger partial charge in [0.1, 0.15) is 5.82 Å². The second kappa shape index (κ2) is 9.35. The molecule has 31 heavy (non-hydrogen) atoms. The Balaban J connectivity index is 1.28. The number of carboxylic acid groups (broad SMARTS) is 1. The van der Waals surface area contributed by atoms with Crippen LogP contribution in [0.15, 0.2) is 18.5 Å². The molecule has 8 heteroatoms. The van der Waals surface area contributed by atoms with Gasteiger partial charge in [0.05, 0.1) is 16.7 Å². The number of likely N-dealkylation sites (tertiary alicyclic amines) is 1. The molecule has 4 heterocycles. The maximum atomic E-state index is 11.1. The lowest BCUT2D eigenvalue weighted by molar-refractivity contribution is 0.0547. The van der Waals surface area contributed by atoms with Crippen LogP contribution in [-0.4, -0.2) is 87.1 Å². The monoisotopic (exact) mass is 447 g/mol. The fourth-order valence-corrected chi connectivity index (χ4v) is 5.31. The summed E-state index contributed by atoms with van der Waals surface area (Å²) in [5.74, 6) is 2.11. The van der Waals surface area contributed by atoms with E-state index >= 15 is 0 Å². The van der Waals surface area contributed by atoms with Crippen molar-refractivity contribution in [2.45, 2.75) is 45.6 Å². The molecule has 0 aromatic carbocycles. The van der Waals surface area contributed by atoms with Crippen molar-refractivity contribution < 1.29 is 9.90 Å². The van der Waals surface area contributed by atoms with E-state index in [1.54, 1.807) is 0 Å². The molecule has 2 aliphatic heterocycles. The van der Waals surface area contributed by atoms with Crippen LogP contribution in [0.4, 0.5) is 4.79 Å². The number of aryl methyl sites for hydroxylation is 1. The largest absolute Gasteiger partial charge is 0.465 e. The Morgan fingerprint density at radius 3 is 2.61 bits per heavy atom. The second-order valence-corrected chi connectivity index (χ2v) is 9.80. The first-order valence-electron chi connectivity index (χ1n) is 11.4. The van der Waals surface area contributed by atoms with Crippen molar-refractivity contribution in [3.63, 3.8) is 0 Å². The average Bonchev–Trinajstić information content (AvgIpc) is 3.07. The first-order chi connectivity index (χ1) is 14.8. The van der Waals surface area contributed by atoms with Gasteiger partial charge in [0.15, 0.2) is 0 Å². The van der Waals surface area contributed by atoms with Gasteiger partial charge in [-0.15, -0.1) is 0 Å². The molecule has 0 aliphatic carbocycles. The highest BCUT2D eigenvalue weighted by Gasteiger charge is 2.35. The summed E-state index contributed by atoms with van der Waals surface area (Å²) in [6, 6.07) is 2.70. The number of hydrogen-bond acceptors (Lipinski definition) is 4.